The Hall–Kier alpha value is -1.84. The summed E-state index contributed by atoms with van der Waals surface area (Å²) in [5, 5.41) is 11.8. The van der Waals surface area contributed by atoms with E-state index in [1.54, 1.807) is 20.8 Å². The predicted octanol–water partition coefficient (Wildman–Crippen LogP) is 2.80. The monoisotopic (exact) mass is 291 g/mol. The zero-order valence-electron chi connectivity index (χ0n) is 13.3. The fraction of sp³-hybridized carbons (Fsp3) is 0.529. The van der Waals surface area contributed by atoms with Crippen LogP contribution in [0, 0.1) is 5.41 Å². The highest BCUT2D eigenvalue weighted by atomic mass is 16.4. The van der Waals surface area contributed by atoms with Crippen molar-refractivity contribution in [3.63, 3.8) is 0 Å². The van der Waals surface area contributed by atoms with Gasteiger partial charge in [-0.3, -0.25) is 4.79 Å². The number of amides is 1. The van der Waals surface area contributed by atoms with Gasteiger partial charge in [-0.15, -0.1) is 0 Å². The number of rotatable bonds is 6. The van der Waals surface area contributed by atoms with Crippen molar-refractivity contribution in [1.82, 2.24) is 5.32 Å². The average molecular weight is 291 g/mol. The van der Waals surface area contributed by atoms with E-state index in [2.05, 4.69) is 24.4 Å². The molecule has 4 heteroatoms. The molecule has 1 aromatic rings. The molecule has 0 spiro atoms. The van der Waals surface area contributed by atoms with Crippen LogP contribution in [0.4, 0.5) is 0 Å². The zero-order valence-corrected chi connectivity index (χ0v) is 13.3. The van der Waals surface area contributed by atoms with Gasteiger partial charge in [-0.2, -0.15) is 0 Å². The van der Waals surface area contributed by atoms with Gasteiger partial charge in [0, 0.05) is 6.42 Å². The first-order chi connectivity index (χ1) is 9.74. The third-order valence-electron chi connectivity index (χ3n) is 3.49. The molecule has 1 unspecified atom stereocenters. The molecule has 0 saturated heterocycles. The van der Waals surface area contributed by atoms with Crippen molar-refractivity contribution in [3.05, 3.63) is 35.4 Å². The molecule has 0 aliphatic rings. The van der Waals surface area contributed by atoms with E-state index in [0.29, 0.717) is 12.8 Å². The van der Waals surface area contributed by atoms with Gasteiger partial charge in [0.15, 0.2) is 0 Å². The van der Waals surface area contributed by atoms with E-state index in [-0.39, 0.29) is 5.91 Å². The molecule has 0 aliphatic heterocycles. The molecule has 0 aromatic heterocycles. The van der Waals surface area contributed by atoms with Gasteiger partial charge in [-0.05, 0) is 29.4 Å². The van der Waals surface area contributed by atoms with Crippen molar-refractivity contribution in [2.24, 2.45) is 5.41 Å². The van der Waals surface area contributed by atoms with Gasteiger partial charge >= 0.3 is 5.97 Å². The van der Waals surface area contributed by atoms with Crippen molar-refractivity contribution in [3.8, 4) is 0 Å². The zero-order chi connectivity index (χ0) is 16.0. The minimum absolute atomic E-state index is 0.225. The number of carboxylic acids is 1. The molecular formula is C17H25NO3. The Balaban J connectivity index is 2.54. The maximum atomic E-state index is 11.9. The van der Waals surface area contributed by atoms with Gasteiger partial charge in [-0.25, -0.2) is 4.79 Å². The Bertz CT molecular complexity index is 486. The number of hydrogen-bond acceptors (Lipinski definition) is 2. The lowest BCUT2D eigenvalue weighted by Gasteiger charge is -2.27. The molecule has 0 saturated carbocycles. The molecule has 1 aromatic carbocycles. The third kappa shape index (κ3) is 5.58. The number of carbonyl (C=O) groups is 2. The molecule has 1 rings (SSSR count). The molecule has 0 bridgehead atoms. The van der Waals surface area contributed by atoms with Gasteiger partial charge < -0.3 is 10.4 Å². The van der Waals surface area contributed by atoms with Crippen LogP contribution in [0.25, 0.3) is 0 Å². The van der Waals surface area contributed by atoms with Crippen molar-refractivity contribution < 1.29 is 14.7 Å². The Morgan fingerprint density at radius 1 is 1.14 bits per heavy atom. The second-order valence-corrected chi connectivity index (χ2v) is 6.37. The van der Waals surface area contributed by atoms with E-state index < -0.39 is 17.4 Å². The summed E-state index contributed by atoms with van der Waals surface area (Å²) in [4.78, 5) is 23.1. The van der Waals surface area contributed by atoms with Crippen LogP contribution < -0.4 is 5.32 Å². The fourth-order valence-electron chi connectivity index (χ4n) is 2.08. The standard InChI is InChI=1S/C17H25NO3/c1-5-12-6-8-13(9-7-12)10-11-14(19)18-15(16(20)21)17(2,3)4/h6-9,15H,5,10-11H2,1-4H3,(H,18,19)(H,20,21). The van der Waals surface area contributed by atoms with Crippen molar-refractivity contribution in [2.45, 2.75) is 53.0 Å². The van der Waals surface area contributed by atoms with E-state index in [1.165, 1.54) is 5.56 Å². The summed E-state index contributed by atoms with van der Waals surface area (Å²) in [7, 11) is 0. The quantitative estimate of drug-likeness (QED) is 0.847. The first kappa shape index (κ1) is 17.2. The number of hydrogen-bond donors (Lipinski definition) is 2. The summed E-state index contributed by atoms with van der Waals surface area (Å²) < 4.78 is 0. The van der Waals surface area contributed by atoms with Gasteiger partial charge in [-0.1, -0.05) is 52.0 Å². The second kappa shape index (κ2) is 7.25. The van der Waals surface area contributed by atoms with Crippen LogP contribution in [0.1, 0.15) is 45.2 Å². The van der Waals surface area contributed by atoms with E-state index >= 15 is 0 Å². The van der Waals surface area contributed by atoms with Crippen molar-refractivity contribution in [1.29, 1.82) is 0 Å². The predicted molar refractivity (Wildman–Crippen MR) is 83.2 cm³/mol. The normalized spacial score (nSPS) is 12.8. The SMILES string of the molecule is CCc1ccc(CCC(=O)NC(C(=O)O)C(C)(C)C)cc1. The van der Waals surface area contributed by atoms with E-state index in [1.807, 2.05) is 12.1 Å². The Kier molecular flexibility index (Phi) is 5.94. The van der Waals surface area contributed by atoms with Crippen LogP contribution in [0.2, 0.25) is 0 Å². The molecule has 2 N–H and O–H groups in total. The summed E-state index contributed by atoms with van der Waals surface area (Å²) in [5.41, 5.74) is 1.84. The van der Waals surface area contributed by atoms with Crippen LogP contribution in [0.15, 0.2) is 24.3 Å². The molecule has 0 fully saturated rings. The van der Waals surface area contributed by atoms with Gasteiger partial charge in [0.2, 0.25) is 5.91 Å². The first-order valence-electron chi connectivity index (χ1n) is 7.34. The summed E-state index contributed by atoms with van der Waals surface area (Å²) >= 11 is 0. The lowest BCUT2D eigenvalue weighted by atomic mass is 9.86. The number of carboxylic acid groups (broad SMARTS) is 1. The Morgan fingerprint density at radius 3 is 2.10 bits per heavy atom. The van der Waals surface area contributed by atoms with Crippen molar-refractivity contribution >= 4 is 11.9 Å². The first-order valence-corrected chi connectivity index (χ1v) is 7.34. The molecule has 1 atom stereocenters. The van der Waals surface area contributed by atoms with Gasteiger partial charge in [0.25, 0.3) is 0 Å². The smallest absolute Gasteiger partial charge is 0.326 e. The minimum atomic E-state index is -0.997. The maximum absolute atomic E-state index is 11.9. The average Bonchev–Trinajstić information content (AvgIpc) is 2.41. The van der Waals surface area contributed by atoms with Crippen LogP contribution in [-0.2, 0) is 22.4 Å². The van der Waals surface area contributed by atoms with E-state index in [4.69, 9.17) is 0 Å². The second-order valence-electron chi connectivity index (χ2n) is 6.37. The summed E-state index contributed by atoms with van der Waals surface area (Å²) in [6.07, 6.45) is 1.91. The summed E-state index contributed by atoms with van der Waals surface area (Å²) in [6.45, 7) is 7.50. The fourth-order valence-corrected chi connectivity index (χ4v) is 2.08. The lowest BCUT2D eigenvalue weighted by Crippen LogP contribution is -2.49. The molecule has 1 amide bonds. The van der Waals surface area contributed by atoms with Gasteiger partial charge in [0.1, 0.15) is 6.04 Å². The molecule has 0 aliphatic carbocycles. The molecule has 116 valence electrons. The summed E-state index contributed by atoms with van der Waals surface area (Å²) in [5.74, 6) is -1.22. The molecule has 4 nitrogen and oxygen atoms in total. The Morgan fingerprint density at radius 2 is 1.67 bits per heavy atom. The number of carbonyl (C=O) groups excluding carboxylic acids is 1. The summed E-state index contributed by atoms with van der Waals surface area (Å²) in [6, 6.07) is 7.28. The third-order valence-corrected chi connectivity index (χ3v) is 3.49. The highest BCUT2D eigenvalue weighted by Crippen LogP contribution is 2.19. The largest absolute Gasteiger partial charge is 0.480 e. The van der Waals surface area contributed by atoms with Gasteiger partial charge in [0.05, 0.1) is 0 Å². The maximum Gasteiger partial charge on any atom is 0.326 e. The van der Waals surface area contributed by atoms with E-state index in [0.717, 1.165) is 12.0 Å². The number of aryl methyl sites for hydroxylation is 2. The lowest BCUT2D eigenvalue weighted by molar-refractivity contribution is -0.144. The van der Waals surface area contributed by atoms with Crippen molar-refractivity contribution in [2.75, 3.05) is 0 Å². The number of aliphatic carboxylic acids is 1. The van der Waals surface area contributed by atoms with E-state index in [9.17, 15) is 14.7 Å². The van der Waals surface area contributed by atoms with Crippen LogP contribution in [0.3, 0.4) is 0 Å². The van der Waals surface area contributed by atoms with Crippen LogP contribution in [-0.4, -0.2) is 23.0 Å². The van der Waals surface area contributed by atoms with Crippen LogP contribution in [0.5, 0.6) is 0 Å². The molecule has 21 heavy (non-hydrogen) atoms. The highest BCUT2D eigenvalue weighted by molar-refractivity contribution is 5.84. The Labute approximate surface area is 126 Å². The molecular weight excluding hydrogens is 266 g/mol. The topological polar surface area (TPSA) is 66.4 Å². The molecule has 0 heterocycles. The van der Waals surface area contributed by atoms with Crippen LogP contribution >= 0.6 is 0 Å². The minimum Gasteiger partial charge on any atom is -0.480 e. The number of benzene rings is 1. The highest BCUT2D eigenvalue weighted by Gasteiger charge is 2.32. The molecule has 0 radical (unpaired) electrons. The number of nitrogens with one attached hydrogen (secondary N) is 1.